The highest BCUT2D eigenvalue weighted by molar-refractivity contribution is 7.13. The molecule has 1 aromatic carbocycles. The molecule has 0 aliphatic rings. The molecule has 3 heterocycles. The molecule has 0 spiro atoms. The molecule has 0 bridgehead atoms. The average molecular weight is 388 g/mol. The van der Waals surface area contributed by atoms with Crippen LogP contribution in [-0.2, 0) is 6.54 Å². The third-order valence-electron chi connectivity index (χ3n) is 4.66. The Kier molecular flexibility index (Phi) is 5.17. The van der Waals surface area contributed by atoms with Crippen LogP contribution in [0, 0.1) is 0 Å². The third-order valence-corrected chi connectivity index (χ3v) is 5.56. The van der Waals surface area contributed by atoms with Crippen molar-refractivity contribution in [2.24, 2.45) is 0 Å². The van der Waals surface area contributed by atoms with Crippen molar-refractivity contribution in [2.45, 2.75) is 26.4 Å². The summed E-state index contributed by atoms with van der Waals surface area (Å²) < 4.78 is 0. The fourth-order valence-corrected chi connectivity index (χ4v) is 3.90. The van der Waals surface area contributed by atoms with Crippen molar-refractivity contribution in [3.05, 3.63) is 83.5 Å². The molecule has 0 radical (unpaired) electrons. The Hall–Kier alpha value is -3.05. The summed E-state index contributed by atoms with van der Waals surface area (Å²) in [4.78, 5) is 25.7. The lowest BCUT2D eigenvalue weighted by Crippen LogP contribution is -2.36. The smallest absolute Gasteiger partial charge is 0.255 e. The average Bonchev–Trinajstić information content (AvgIpc) is 3.26. The number of nitrogens with zero attached hydrogens (tertiary/aromatic N) is 3. The van der Waals surface area contributed by atoms with Gasteiger partial charge in [-0.05, 0) is 49.6 Å². The van der Waals surface area contributed by atoms with E-state index in [0.717, 1.165) is 27.2 Å². The lowest BCUT2D eigenvalue weighted by Gasteiger charge is -2.27. The number of aromatic nitrogens is 2. The normalized spacial score (nSPS) is 11.1. The van der Waals surface area contributed by atoms with Gasteiger partial charge in [-0.2, -0.15) is 0 Å². The monoisotopic (exact) mass is 387 g/mol. The van der Waals surface area contributed by atoms with E-state index in [0.29, 0.717) is 12.1 Å². The van der Waals surface area contributed by atoms with Gasteiger partial charge in [0.1, 0.15) is 0 Å². The van der Waals surface area contributed by atoms with Gasteiger partial charge in [-0.25, -0.2) is 4.98 Å². The molecule has 5 heteroatoms. The first-order valence-corrected chi connectivity index (χ1v) is 10.2. The molecular formula is C23H21N3OS. The predicted octanol–water partition coefficient (Wildman–Crippen LogP) is 5.41. The van der Waals surface area contributed by atoms with Gasteiger partial charge in [0.15, 0.2) is 0 Å². The van der Waals surface area contributed by atoms with Crippen LogP contribution in [0.25, 0.3) is 21.5 Å². The van der Waals surface area contributed by atoms with E-state index in [1.807, 2.05) is 84.8 Å². The van der Waals surface area contributed by atoms with Crippen LogP contribution in [0.15, 0.2) is 72.2 Å². The molecular weight excluding hydrogens is 366 g/mol. The Labute approximate surface area is 168 Å². The van der Waals surface area contributed by atoms with Crippen molar-refractivity contribution in [2.75, 3.05) is 0 Å². The Balaban J connectivity index is 1.80. The number of pyridine rings is 2. The highest BCUT2D eigenvalue weighted by atomic mass is 32.1. The molecule has 0 saturated carbocycles. The zero-order chi connectivity index (χ0) is 19.5. The minimum atomic E-state index is -0.00272. The molecule has 0 atom stereocenters. The molecule has 0 aliphatic carbocycles. The number of para-hydroxylation sites is 1. The zero-order valence-electron chi connectivity index (χ0n) is 15.9. The molecule has 0 aliphatic heterocycles. The number of rotatable bonds is 5. The second-order valence-corrected chi connectivity index (χ2v) is 7.85. The van der Waals surface area contributed by atoms with Gasteiger partial charge in [0.05, 0.1) is 33.9 Å². The summed E-state index contributed by atoms with van der Waals surface area (Å²) in [5, 5.41) is 2.90. The van der Waals surface area contributed by atoms with Crippen LogP contribution in [0.5, 0.6) is 0 Å². The van der Waals surface area contributed by atoms with Crippen molar-refractivity contribution in [3.63, 3.8) is 0 Å². The Morgan fingerprint density at radius 1 is 1.07 bits per heavy atom. The maximum Gasteiger partial charge on any atom is 0.255 e. The van der Waals surface area contributed by atoms with Crippen LogP contribution >= 0.6 is 11.3 Å². The second-order valence-electron chi connectivity index (χ2n) is 6.90. The van der Waals surface area contributed by atoms with Crippen molar-refractivity contribution < 1.29 is 4.79 Å². The Bertz CT molecular complexity index is 1090. The summed E-state index contributed by atoms with van der Waals surface area (Å²) >= 11 is 1.62. The van der Waals surface area contributed by atoms with Crippen molar-refractivity contribution in [3.8, 4) is 10.6 Å². The van der Waals surface area contributed by atoms with Gasteiger partial charge in [0, 0.05) is 17.6 Å². The summed E-state index contributed by atoms with van der Waals surface area (Å²) in [6.45, 7) is 4.54. The minimum Gasteiger partial charge on any atom is -0.330 e. The highest BCUT2D eigenvalue weighted by Gasteiger charge is 2.23. The molecule has 0 saturated heterocycles. The first-order valence-electron chi connectivity index (χ1n) is 9.28. The molecule has 28 heavy (non-hydrogen) atoms. The van der Waals surface area contributed by atoms with E-state index in [4.69, 9.17) is 4.98 Å². The number of benzene rings is 1. The molecule has 1 amide bonds. The first kappa shape index (κ1) is 18.3. The van der Waals surface area contributed by atoms with E-state index in [9.17, 15) is 4.79 Å². The van der Waals surface area contributed by atoms with E-state index >= 15 is 0 Å². The maximum atomic E-state index is 13.6. The van der Waals surface area contributed by atoms with Crippen LogP contribution in [0.4, 0.5) is 0 Å². The zero-order valence-corrected chi connectivity index (χ0v) is 16.7. The fourth-order valence-electron chi connectivity index (χ4n) is 3.21. The molecule has 0 unspecified atom stereocenters. The molecule has 3 aromatic heterocycles. The van der Waals surface area contributed by atoms with Gasteiger partial charge in [0.2, 0.25) is 0 Å². The summed E-state index contributed by atoms with van der Waals surface area (Å²) in [5.74, 6) is -0.00272. The Morgan fingerprint density at radius 2 is 1.89 bits per heavy atom. The SMILES string of the molecule is CC(C)N(Cc1ccccn1)C(=O)c1cc(-c2cccs2)nc2ccccc12. The second kappa shape index (κ2) is 7.90. The van der Waals surface area contributed by atoms with Crippen LogP contribution in [-0.4, -0.2) is 26.8 Å². The molecule has 4 rings (SSSR count). The molecule has 0 N–H and O–H groups in total. The van der Waals surface area contributed by atoms with Gasteiger partial charge in [-0.15, -0.1) is 11.3 Å². The van der Waals surface area contributed by atoms with E-state index < -0.39 is 0 Å². The number of carbonyl (C=O) groups is 1. The van der Waals surface area contributed by atoms with E-state index in [1.54, 1.807) is 17.5 Å². The van der Waals surface area contributed by atoms with Crippen molar-refractivity contribution in [1.82, 2.24) is 14.9 Å². The minimum absolute atomic E-state index is 0.00272. The van der Waals surface area contributed by atoms with Gasteiger partial charge in [-0.1, -0.05) is 30.3 Å². The third kappa shape index (κ3) is 3.66. The maximum absolute atomic E-state index is 13.6. The van der Waals surface area contributed by atoms with Crippen LogP contribution in [0.2, 0.25) is 0 Å². The summed E-state index contributed by atoms with van der Waals surface area (Å²) in [5.41, 5.74) is 3.22. The number of thiophene rings is 1. The van der Waals surface area contributed by atoms with Crippen LogP contribution in [0.1, 0.15) is 29.9 Å². The summed E-state index contributed by atoms with van der Waals surface area (Å²) in [6.07, 6.45) is 1.76. The molecule has 140 valence electrons. The lowest BCUT2D eigenvalue weighted by molar-refractivity contribution is 0.0690. The molecule has 0 fully saturated rings. The first-order chi connectivity index (χ1) is 13.6. The van der Waals surface area contributed by atoms with Crippen molar-refractivity contribution >= 4 is 28.1 Å². The van der Waals surface area contributed by atoms with Gasteiger partial charge < -0.3 is 4.90 Å². The number of fused-ring (bicyclic) bond motifs is 1. The number of hydrogen-bond acceptors (Lipinski definition) is 4. The summed E-state index contributed by atoms with van der Waals surface area (Å²) in [6, 6.07) is 19.6. The molecule has 4 nitrogen and oxygen atoms in total. The summed E-state index contributed by atoms with van der Waals surface area (Å²) in [7, 11) is 0. The number of amides is 1. The van der Waals surface area contributed by atoms with E-state index in [1.165, 1.54) is 0 Å². The fraction of sp³-hybridized carbons (Fsp3) is 0.174. The standard InChI is InChI=1S/C23H21N3OS/c1-16(2)26(15-17-8-5-6-12-24-17)23(27)19-14-21(22-11-7-13-28-22)25-20-10-4-3-9-18(19)20/h3-14,16H,15H2,1-2H3. The van der Waals surface area contributed by atoms with Gasteiger partial charge in [0.25, 0.3) is 5.91 Å². The Morgan fingerprint density at radius 3 is 2.61 bits per heavy atom. The lowest BCUT2D eigenvalue weighted by atomic mass is 10.0. The molecule has 4 aromatic rings. The van der Waals surface area contributed by atoms with Crippen molar-refractivity contribution in [1.29, 1.82) is 0 Å². The number of hydrogen-bond donors (Lipinski definition) is 0. The number of carbonyl (C=O) groups excluding carboxylic acids is 1. The quantitative estimate of drug-likeness (QED) is 0.460. The van der Waals surface area contributed by atoms with Gasteiger partial charge in [-0.3, -0.25) is 9.78 Å². The van der Waals surface area contributed by atoms with Crippen LogP contribution < -0.4 is 0 Å². The van der Waals surface area contributed by atoms with E-state index in [-0.39, 0.29) is 11.9 Å². The van der Waals surface area contributed by atoms with Crippen LogP contribution in [0.3, 0.4) is 0 Å². The van der Waals surface area contributed by atoms with E-state index in [2.05, 4.69) is 4.98 Å². The topological polar surface area (TPSA) is 46.1 Å². The largest absolute Gasteiger partial charge is 0.330 e. The highest BCUT2D eigenvalue weighted by Crippen LogP contribution is 2.29. The van der Waals surface area contributed by atoms with Gasteiger partial charge >= 0.3 is 0 Å². The predicted molar refractivity (Wildman–Crippen MR) is 114 cm³/mol.